The van der Waals surface area contributed by atoms with Crippen LogP contribution in [0.15, 0.2) is 42.5 Å². The maximum atomic E-state index is 12.9. The first-order valence-electron chi connectivity index (χ1n) is 6.74. The number of ketones is 2. The largest absolute Gasteiger partial charge is 0.481 e. The van der Waals surface area contributed by atoms with Crippen LogP contribution in [0.5, 0.6) is 0 Å². The second-order valence-electron chi connectivity index (χ2n) is 5.30. The minimum atomic E-state index is -1.85. The number of hydrogen-bond donors (Lipinski definition) is 1. The molecular formula is C17H10Cl2O4. The molecule has 0 saturated carbocycles. The molecule has 1 aliphatic carbocycles. The first-order valence-corrected chi connectivity index (χ1v) is 7.49. The molecule has 6 heteroatoms. The van der Waals surface area contributed by atoms with Crippen LogP contribution in [0.1, 0.15) is 32.7 Å². The summed E-state index contributed by atoms with van der Waals surface area (Å²) in [4.78, 5) is 37.2. The molecule has 2 aromatic carbocycles. The van der Waals surface area contributed by atoms with Crippen LogP contribution in [0.3, 0.4) is 0 Å². The zero-order chi connectivity index (χ0) is 16.8. The third-order valence-electron chi connectivity index (χ3n) is 4.00. The standard InChI is InChI=1S/C17H10Cl2O4/c18-9-5-6-12(13(19)7-9)17(8-14(20)21)15(22)10-3-1-2-4-11(10)16(17)23/h1-7H,8H2,(H,20,21). The van der Waals surface area contributed by atoms with Gasteiger partial charge in [-0.1, -0.05) is 53.5 Å². The van der Waals surface area contributed by atoms with Crippen molar-refractivity contribution in [1.29, 1.82) is 0 Å². The Labute approximate surface area is 141 Å². The van der Waals surface area contributed by atoms with Crippen molar-refractivity contribution in [1.82, 2.24) is 0 Å². The molecule has 0 bridgehead atoms. The van der Waals surface area contributed by atoms with Crippen molar-refractivity contribution in [3.05, 3.63) is 69.2 Å². The highest BCUT2D eigenvalue weighted by Gasteiger charge is 2.56. The highest BCUT2D eigenvalue weighted by atomic mass is 35.5. The Kier molecular flexibility index (Phi) is 3.74. The Morgan fingerprint density at radius 2 is 1.57 bits per heavy atom. The zero-order valence-electron chi connectivity index (χ0n) is 11.7. The molecule has 116 valence electrons. The van der Waals surface area contributed by atoms with Crippen LogP contribution in [0.4, 0.5) is 0 Å². The SMILES string of the molecule is O=C(O)CC1(c2ccc(Cl)cc2Cl)C(=O)c2ccccc2C1=O. The molecule has 2 aromatic rings. The minimum absolute atomic E-state index is 0.0910. The van der Waals surface area contributed by atoms with Crippen molar-refractivity contribution in [2.75, 3.05) is 0 Å². The van der Waals surface area contributed by atoms with E-state index in [1.807, 2.05) is 0 Å². The van der Waals surface area contributed by atoms with Crippen molar-refractivity contribution in [2.24, 2.45) is 0 Å². The van der Waals surface area contributed by atoms with Gasteiger partial charge in [0.15, 0.2) is 11.6 Å². The zero-order valence-corrected chi connectivity index (χ0v) is 13.2. The number of Topliss-reactive ketones (excluding diaryl/α,β-unsaturated/α-hetero) is 2. The Balaban J connectivity index is 2.30. The molecule has 0 aromatic heterocycles. The lowest BCUT2D eigenvalue weighted by Crippen LogP contribution is -2.40. The second-order valence-corrected chi connectivity index (χ2v) is 6.15. The molecule has 0 fully saturated rings. The summed E-state index contributed by atoms with van der Waals surface area (Å²) >= 11 is 12.0. The molecule has 0 atom stereocenters. The van der Waals surface area contributed by atoms with E-state index in [1.165, 1.54) is 30.3 Å². The van der Waals surface area contributed by atoms with E-state index in [1.54, 1.807) is 12.1 Å². The van der Waals surface area contributed by atoms with Gasteiger partial charge in [0, 0.05) is 21.2 Å². The van der Waals surface area contributed by atoms with E-state index in [0.717, 1.165) is 0 Å². The van der Waals surface area contributed by atoms with Crippen molar-refractivity contribution in [3.63, 3.8) is 0 Å². The normalized spacial score (nSPS) is 15.6. The lowest BCUT2D eigenvalue weighted by atomic mass is 9.73. The van der Waals surface area contributed by atoms with Gasteiger partial charge in [0.05, 0.1) is 6.42 Å². The number of carbonyl (C=O) groups is 3. The van der Waals surface area contributed by atoms with Crippen molar-refractivity contribution < 1.29 is 19.5 Å². The van der Waals surface area contributed by atoms with E-state index >= 15 is 0 Å². The number of benzene rings is 2. The van der Waals surface area contributed by atoms with Gasteiger partial charge >= 0.3 is 5.97 Å². The average molecular weight is 349 g/mol. The van der Waals surface area contributed by atoms with E-state index in [4.69, 9.17) is 23.2 Å². The number of aliphatic carboxylic acids is 1. The van der Waals surface area contributed by atoms with Crippen molar-refractivity contribution in [2.45, 2.75) is 11.8 Å². The topological polar surface area (TPSA) is 71.4 Å². The van der Waals surface area contributed by atoms with Crippen LogP contribution in [-0.2, 0) is 10.2 Å². The molecule has 0 heterocycles. The molecule has 23 heavy (non-hydrogen) atoms. The Morgan fingerprint density at radius 1 is 1.00 bits per heavy atom. The number of carboxylic acids is 1. The summed E-state index contributed by atoms with van der Waals surface area (Å²) in [6.45, 7) is 0. The molecule has 0 amide bonds. The molecule has 0 unspecified atom stereocenters. The van der Waals surface area contributed by atoms with Crippen LogP contribution in [0, 0.1) is 0 Å². The number of fused-ring (bicyclic) bond motifs is 1. The molecule has 3 rings (SSSR count). The van der Waals surface area contributed by atoms with Gasteiger partial charge in [0.1, 0.15) is 5.41 Å². The van der Waals surface area contributed by atoms with Crippen molar-refractivity contribution >= 4 is 40.7 Å². The van der Waals surface area contributed by atoms with Gasteiger partial charge in [-0.05, 0) is 17.7 Å². The Morgan fingerprint density at radius 3 is 2.04 bits per heavy atom. The van der Waals surface area contributed by atoms with E-state index in [-0.39, 0.29) is 21.7 Å². The minimum Gasteiger partial charge on any atom is -0.481 e. The smallest absolute Gasteiger partial charge is 0.305 e. The van der Waals surface area contributed by atoms with Crippen LogP contribution in [0.25, 0.3) is 0 Å². The molecule has 1 aliphatic rings. The first kappa shape index (κ1) is 15.7. The number of carbonyl (C=O) groups excluding carboxylic acids is 2. The third kappa shape index (κ3) is 2.26. The molecule has 0 saturated heterocycles. The van der Waals surface area contributed by atoms with E-state index in [0.29, 0.717) is 5.02 Å². The van der Waals surface area contributed by atoms with Gasteiger partial charge in [-0.2, -0.15) is 0 Å². The van der Waals surface area contributed by atoms with Crippen LogP contribution >= 0.6 is 23.2 Å². The summed E-state index contributed by atoms with van der Waals surface area (Å²) in [7, 11) is 0. The van der Waals surface area contributed by atoms with Crippen molar-refractivity contribution in [3.8, 4) is 0 Å². The van der Waals surface area contributed by atoms with Gasteiger partial charge in [0.2, 0.25) is 0 Å². The van der Waals surface area contributed by atoms with Gasteiger partial charge < -0.3 is 5.11 Å². The maximum Gasteiger partial charge on any atom is 0.305 e. The Bertz CT molecular complexity index is 822. The lowest BCUT2D eigenvalue weighted by molar-refractivity contribution is -0.137. The fourth-order valence-corrected chi connectivity index (χ4v) is 3.57. The predicted molar refractivity (Wildman–Crippen MR) is 85.5 cm³/mol. The fourth-order valence-electron chi connectivity index (χ4n) is 3.00. The van der Waals surface area contributed by atoms with E-state index in [9.17, 15) is 19.5 Å². The summed E-state index contributed by atoms with van der Waals surface area (Å²) in [5.74, 6) is -2.36. The van der Waals surface area contributed by atoms with Gasteiger partial charge in [-0.3, -0.25) is 14.4 Å². The summed E-state index contributed by atoms with van der Waals surface area (Å²) < 4.78 is 0. The van der Waals surface area contributed by atoms with E-state index < -0.39 is 29.4 Å². The average Bonchev–Trinajstić information content (AvgIpc) is 2.70. The molecule has 4 nitrogen and oxygen atoms in total. The quantitative estimate of drug-likeness (QED) is 0.856. The Hall–Kier alpha value is -2.17. The summed E-state index contributed by atoms with van der Waals surface area (Å²) in [6, 6.07) is 10.6. The van der Waals surface area contributed by atoms with Crippen LogP contribution in [0.2, 0.25) is 10.0 Å². The molecule has 0 radical (unpaired) electrons. The highest BCUT2D eigenvalue weighted by Crippen LogP contribution is 2.45. The summed E-state index contributed by atoms with van der Waals surface area (Å²) in [6.07, 6.45) is -0.666. The number of carboxylic acid groups (broad SMARTS) is 1. The number of rotatable bonds is 3. The molecule has 1 N–H and O–H groups in total. The number of hydrogen-bond acceptors (Lipinski definition) is 3. The van der Waals surface area contributed by atoms with Crippen LogP contribution < -0.4 is 0 Å². The summed E-state index contributed by atoms with van der Waals surface area (Å²) in [5.41, 5.74) is -1.26. The van der Waals surface area contributed by atoms with E-state index in [2.05, 4.69) is 0 Å². The first-order chi connectivity index (χ1) is 10.9. The number of halogens is 2. The lowest BCUT2D eigenvalue weighted by Gasteiger charge is -2.25. The molecule has 0 spiro atoms. The maximum absolute atomic E-state index is 12.9. The van der Waals surface area contributed by atoms with Gasteiger partial charge in [0.25, 0.3) is 0 Å². The van der Waals surface area contributed by atoms with Gasteiger partial charge in [-0.15, -0.1) is 0 Å². The van der Waals surface area contributed by atoms with Crippen LogP contribution in [-0.4, -0.2) is 22.6 Å². The molecule has 0 aliphatic heterocycles. The predicted octanol–water partition coefficient (Wildman–Crippen LogP) is 3.79. The monoisotopic (exact) mass is 348 g/mol. The third-order valence-corrected chi connectivity index (χ3v) is 4.55. The molecular weight excluding hydrogens is 339 g/mol. The summed E-state index contributed by atoms with van der Waals surface area (Å²) in [5, 5.41) is 9.71. The fraction of sp³-hybridized carbons (Fsp3) is 0.118. The second kappa shape index (κ2) is 5.48. The highest BCUT2D eigenvalue weighted by molar-refractivity contribution is 6.39. The van der Waals surface area contributed by atoms with Gasteiger partial charge in [-0.25, -0.2) is 0 Å².